The molecule has 2 fully saturated rings. The van der Waals surface area contributed by atoms with Gasteiger partial charge in [-0.25, -0.2) is 0 Å². The third-order valence-corrected chi connectivity index (χ3v) is 4.59. The van der Waals surface area contributed by atoms with Gasteiger partial charge in [-0.3, -0.25) is 4.90 Å². The Balaban J connectivity index is 1.71. The molecule has 2 aliphatic rings. The molecule has 0 saturated carbocycles. The van der Waals surface area contributed by atoms with E-state index in [0.29, 0.717) is 12.3 Å². The van der Waals surface area contributed by atoms with Gasteiger partial charge in [0.2, 0.25) is 0 Å². The first-order valence-electron chi connectivity index (χ1n) is 7.52. The van der Waals surface area contributed by atoms with Crippen LogP contribution < -0.4 is 9.47 Å². The van der Waals surface area contributed by atoms with Crippen LogP contribution in [0, 0.1) is 5.41 Å². The maximum atomic E-state index is 12.6. The van der Waals surface area contributed by atoms with Crippen LogP contribution in [0.1, 0.15) is 18.4 Å². The second kappa shape index (κ2) is 6.38. The van der Waals surface area contributed by atoms with Crippen molar-refractivity contribution in [2.75, 3.05) is 33.4 Å². The molecule has 1 aromatic carbocycles. The second-order valence-electron chi connectivity index (χ2n) is 6.12. The number of methoxy groups -OCH3 is 1. The Morgan fingerprint density at radius 3 is 2.91 bits per heavy atom. The Hall–Kier alpha value is -1.40. The van der Waals surface area contributed by atoms with Crippen molar-refractivity contribution in [1.82, 2.24) is 4.90 Å². The molecule has 2 heterocycles. The molecule has 122 valence electrons. The van der Waals surface area contributed by atoms with Gasteiger partial charge < -0.3 is 14.2 Å². The monoisotopic (exact) mass is 313 g/mol. The van der Waals surface area contributed by atoms with E-state index >= 15 is 0 Å². The molecular weight excluding hydrogens is 292 g/mol. The Morgan fingerprint density at radius 2 is 2.23 bits per heavy atom. The highest BCUT2D eigenvalue weighted by Gasteiger charge is 2.41. The van der Waals surface area contributed by atoms with Gasteiger partial charge in [0.15, 0.2) is 0 Å². The zero-order chi connectivity index (χ0) is 15.6. The fraction of sp³-hybridized carbons (Fsp3) is 0.625. The maximum Gasteiger partial charge on any atom is 0.387 e. The number of alkyl halides is 2. The predicted molar refractivity (Wildman–Crippen MR) is 77.4 cm³/mol. The van der Waals surface area contributed by atoms with Crippen LogP contribution in [0.2, 0.25) is 0 Å². The topological polar surface area (TPSA) is 30.9 Å². The minimum Gasteiger partial charge on any atom is -0.497 e. The molecule has 4 nitrogen and oxygen atoms in total. The first-order valence-corrected chi connectivity index (χ1v) is 7.52. The van der Waals surface area contributed by atoms with Gasteiger partial charge in [-0.2, -0.15) is 8.78 Å². The number of hydrogen-bond acceptors (Lipinski definition) is 4. The third-order valence-electron chi connectivity index (χ3n) is 4.59. The molecule has 0 unspecified atom stereocenters. The SMILES string of the molecule is COc1ccc(CN2CC[C@@]3(CCOC3)C2)c(OC(F)F)c1. The summed E-state index contributed by atoms with van der Waals surface area (Å²) in [6.07, 6.45) is 2.20. The summed E-state index contributed by atoms with van der Waals surface area (Å²) >= 11 is 0. The fourth-order valence-corrected chi connectivity index (χ4v) is 3.37. The van der Waals surface area contributed by atoms with Gasteiger partial charge in [0, 0.05) is 36.7 Å². The molecule has 6 heteroatoms. The highest BCUT2D eigenvalue weighted by Crippen LogP contribution is 2.39. The first-order chi connectivity index (χ1) is 10.6. The van der Waals surface area contributed by atoms with Crippen LogP contribution in [0.15, 0.2) is 18.2 Å². The van der Waals surface area contributed by atoms with E-state index in [1.807, 2.05) is 0 Å². The molecule has 1 aromatic rings. The average molecular weight is 313 g/mol. The van der Waals surface area contributed by atoms with Gasteiger partial charge in [0.05, 0.1) is 13.7 Å². The van der Waals surface area contributed by atoms with Crippen molar-refractivity contribution in [2.24, 2.45) is 5.41 Å². The molecule has 0 radical (unpaired) electrons. The molecular formula is C16H21F2NO3. The normalized spacial score (nSPS) is 25.3. The number of halogens is 2. The number of ether oxygens (including phenoxy) is 3. The van der Waals surface area contributed by atoms with Crippen LogP contribution in [0.4, 0.5) is 8.78 Å². The summed E-state index contributed by atoms with van der Waals surface area (Å²) in [5, 5.41) is 0. The van der Waals surface area contributed by atoms with Gasteiger partial charge >= 0.3 is 6.61 Å². The molecule has 0 aliphatic carbocycles. The Bertz CT molecular complexity index is 518. The van der Waals surface area contributed by atoms with E-state index in [2.05, 4.69) is 9.64 Å². The van der Waals surface area contributed by atoms with Crippen molar-refractivity contribution in [3.63, 3.8) is 0 Å². The summed E-state index contributed by atoms with van der Waals surface area (Å²) in [6, 6.07) is 5.09. The molecule has 0 aromatic heterocycles. The zero-order valence-electron chi connectivity index (χ0n) is 12.7. The van der Waals surface area contributed by atoms with Crippen molar-refractivity contribution in [3.8, 4) is 11.5 Å². The Morgan fingerprint density at radius 1 is 1.36 bits per heavy atom. The summed E-state index contributed by atoms with van der Waals surface area (Å²) in [7, 11) is 1.51. The van der Waals surface area contributed by atoms with Crippen LogP contribution in [0.5, 0.6) is 11.5 Å². The highest BCUT2D eigenvalue weighted by molar-refractivity contribution is 5.40. The summed E-state index contributed by atoms with van der Waals surface area (Å²) in [4.78, 5) is 2.29. The highest BCUT2D eigenvalue weighted by atomic mass is 19.3. The number of benzene rings is 1. The van der Waals surface area contributed by atoms with Gasteiger partial charge in [0.25, 0.3) is 0 Å². The minimum absolute atomic E-state index is 0.193. The van der Waals surface area contributed by atoms with E-state index in [4.69, 9.17) is 9.47 Å². The summed E-state index contributed by atoms with van der Waals surface area (Å²) in [6.45, 7) is 1.33. The first kappa shape index (κ1) is 15.5. The van der Waals surface area contributed by atoms with Gasteiger partial charge in [-0.15, -0.1) is 0 Å². The molecule has 2 saturated heterocycles. The Labute approximate surface area is 129 Å². The van der Waals surface area contributed by atoms with Gasteiger partial charge in [-0.05, 0) is 25.5 Å². The predicted octanol–water partition coefficient (Wildman–Crippen LogP) is 2.91. The van der Waals surface area contributed by atoms with E-state index in [1.165, 1.54) is 13.2 Å². The lowest BCUT2D eigenvalue weighted by Gasteiger charge is -2.23. The van der Waals surface area contributed by atoms with Crippen LogP contribution in [-0.4, -0.2) is 44.9 Å². The molecule has 22 heavy (non-hydrogen) atoms. The molecule has 0 N–H and O–H groups in total. The van der Waals surface area contributed by atoms with Crippen LogP contribution in [0.25, 0.3) is 0 Å². The van der Waals surface area contributed by atoms with Crippen LogP contribution in [-0.2, 0) is 11.3 Å². The van der Waals surface area contributed by atoms with Crippen LogP contribution >= 0.6 is 0 Å². The van der Waals surface area contributed by atoms with E-state index in [-0.39, 0.29) is 11.2 Å². The third kappa shape index (κ3) is 3.33. The van der Waals surface area contributed by atoms with Gasteiger partial charge in [-0.1, -0.05) is 6.07 Å². The second-order valence-corrected chi connectivity index (χ2v) is 6.12. The lowest BCUT2D eigenvalue weighted by atomic mass is 9.87. The molecule has 1 atom stereocenters. The average Bonchev–Trinajstić information content (AvgIpc) is 3.11. The van der Waals surface area contributed by atoms with Crippen molar-refractivity contribution < 1.29 is 23.0 Å². The molecule has 0 bridgehead atoms. The standard InChI is InChI=1S/C16H21F2NO3/c1-20-13-3-2-12(14(8-13)22-15(17)18)9-19-6-4-16(10-19)5-7-21-11-16/h2-3,8,15H,4-7,9-11H2,1H3/t16-/m1/s1. The summed E-state index contributed by atoms with van der Waals surface area (Å²) in [5.74, 6) is 0.708. The van der Waals surface area contributed by atoms with Crippen LogP contribution in [0.3, 0.4) is 0 Å². The molecule has 3 rings (SSSR count). The molecule has 2 aliphatic heterocycles. The number of nitrogens with zero attached hydrogens (tertiary/aromatic N) is 1. The molecule has 0 amide bonds. The van der Waals surface area contributed by atoms with E-state index < -0.39 is 6.61 Å². The van der Waals surface area contributed by atoms with Crippen molar-refractivity contribution in [1.29, 1.82) is 0 Å². The number of rotatable bonds is 5. The van der Waals surface area contributed by atoms with E-state index in [9.17, 15) is 8.78 Å². The summed E-state index contributed by atoms with van der Waals surface area (Å²) in [5.41, 5.74) is 1.02. The zero-order valence-corrected chi connectivity index (χ0v) is 12.7. The maximum absolute atomic E-state index is 12.6. The van der Waals surface area contributed by atoms with E-state index in [0.717, 1.165) is 44.7 Å². The fourth-order valence-electron chi connectivity index (χ4n) is 3.37. The van der Waals surface area contributed by atoms with Gasteiger partial charge in [0.1, 0.15) is 11.5 Å². The quantitative estimate of drug-likeness (QED) is 0.836. The van der Waals surface area contributed by atoms with Crippen molar-refractivity contribution in [3.05, 3.63) is 23.8 Å². The summed E-state index contributed by atoms with van der Waals surface area (Å²) < 4.78 is 40.4. The van der Waals surface area contributed by atoms with Crippen molar-refractivity contribution >= 4 is 0 Å². The van der Waals surface area contributed by atoms with Crippen molar-refractivity contribution in [2.45, 2.75) is 26.0 Å². The molecule has 1 spiro atoms. The Kier molecular flexibility index (Phi) is 4.49. The van der Waals surface area contributed by atoms with E-state index in [1.54, 1.807) is 12.1 Å². The lowest BCUT2D eigenvalue weighted by molar-refractivity contribution is -0.0508. The number of hydrogen-bond donors (Lipinski definition) is 0. The lowest BCUT2D eigenvalue weighted by Crippen LogP contribution is -2.27. The smallest absolute Gasteiger partial charge is 0.387 e. The minimum atomic E-state index is -2.83. The largest absolute Gasteiger partial charge is 0.497 e. The number of likely N-dealkylation sites (tertiary alicyclic amines) is 1.